The number of hydrogen-bond acceptors (Lipinski definition) is 2. The number of aryl methyl sites for hydroxylation is 2. The lowest BCUT2D eigenvalue weighted by molar-refractivity contribution is 0.111. The largest absolute Gasteiger partial charge is 0.321 e. The smallest absolute Gasteiger partial charge is 0.168 e. The Morgan fingerprint density at radius 3 is 2.71 bits per heavy atom. The third-order valence-electron chi connectivity index (χ3n) is 3.43. The van der Waals surface area contributed by atoms with Crippen molar-refractivity contribution in [2.45, 2.75) is 39.7 Å². The van der Waals surface area contributed by atoms with Crippen LogP contribution in [0, 0.1) is 5.82 Å². The summed E-state index contributed by atoms with van der Waals surface area (Å²) in [6.07, 6.45) is 3.22. The van der Waals surface area contributed by atoms with Crippen LogP contribution in [0.3, 0.4) is 0 Å². The Hall–Kier alpha value is -1.49. The molecule has 1 heterocycles. The van der Waals surface area contributed by atoms with Gasteiger partial charge in [-0.3, -0.25) is 4.79 Å². The Bertz CT molecular complexity index is 652. The van der Waals surface area contributed by atoms with Crippen LogP contribution in [0.25, 0.3) is 0 Å². The van der Waals surface area contributed by atoms with E-state index >= 15 is 0 Å². The Balaban J connectivity index is 2.46. The third-order valence-corrected chi connectivity index (χ3v) is 3.92. The zero-order valence-electron chi connectivity index (χ0n) is 12.2. The average Bonchev–Trinajstić information content (AvgIpc) is 2.79. The lowest BCUT2D eigenvalue weighted by Crippen LogP contribution is -2.10. The van der Waals surface area contributed by atoms with Crippen molar-refractivity contribution in [3.05, 3.63) is 51.3 Å². The number of benzene rings is 1. The predicted octanol–water partition coefficient (Wildman–Crippen LogP) is 4.16. The summed E-state index contributed by atoms with van der Waals surface area (Å²) in [5, 5.41) is 0. The first-order chi connectivity index (χ1) is 10.1. The van der Waals surface area contributed by atoms with E-state index in [0.29, 0.717) is 28.7 Å². The van der Waals surface area contributed by atoms with Gasteiger partial charge in [0, 0.05) is 16.5 Å². The average molecular weight is 353 g/mol. The summed E-state index contributed by atoms with van der Waals surface area (Å²) in [6, 6.07) is 4.97. The molecule has 0 N–H and O–H groups in total. The zero-order chi connectivity index (χ0) is 15.4. The summed E-state index contributed by atoms with van der Waals surface area (Å²) in [4.78, 5) is 15.9. The van der Waals surface area contributed by atoms with Crippen LogP contribution >= 0.6 is 15.9 Å². The first-order valence-corrected chi connectivity index (χ1v) is 7.87. The molecule has 1 aromatic carbocycles. The zero-order valence-corrected chi connectivity index (χ0v) is 13.8. The van der Waals surface area contributed by atoms with Gasteiger partial charge in [-0.15, -0.1) is 0 Å². The molecule has 21 heavy (non-hydrogen) atoms. The Labute approximate surface area is 132 Å². The molecule has 0 aliphatic rings. The monoisotopic (exact) mass is 352 g/mol. The number of halogens is 2. The van der Waals surface area contributed by atoms with Gasteiger partial charge in [0.2, 0.25) is 0 Å². The Kier molecular flexibility index (Phi) is 5.28. The highest BCUT2D eigenvalue weighted by atomic mass is 79.9. The molecule has 0 fully saturated rings. The highest BCUT2D eigenvalue weighted by Crippen LogP contribution is 2.20. The van der Waals surface area contributed by atoms with E-state index in [4.69, 9.17) is 0 Å². The van der Waals surface area contributed by atoms with E-state index in [1.807, 2.05) is 11.5 Å². The number of hydrogen-bond donors (Lipinski definition) is 0. The molecule has 0 saturated carbocycles. The summed E-state index contributed by atoms with van der Waals surface area (Å²) in [5.41, 5.74) is 1.90. The van der Waals surface area contributed by atoms with Crippen LogP contribution in [0.2, 0.25) is 0 Å². The third kappa shape index (κ3) is 3.40. The van der Waals surface area contributed by atoms with Gasteiger partial charge in [-0.1, -0.05) is 35.8 Å². The maximum atomic E-state index is 14.0. The van der Waals surface area contributed by atoms with E-state index < -0.39 is 0 Å². The molecule has 0 saturated heterocycles. The number of carbonyl (C=O) groups excluding carboxylic acids is 1. The van der Waals surface area contributed by atoms with Gasteiger partial charge in [0.1, 0.15) is 17.3 Å². The second kappa shape index (κ2) is 6.98. The molecule has 3 nitrogen and oxygen atoms in total. The van der Waals surface area contributed by atoms with Gasteiger partial charge in [-0.25, -0.2) is 9.37 Å². The lowest BCUT2D eigenvalue weighted by Gasteiger charge is -2.10. The minimum absolute atomic E-state index is 0.282. The SMILES string of the molecule is CCCc1nc(CC)c(C=O)n1Cc1ccc(Br)cc1F. The lowest BCUT2D eigenvalue weighted by atomic mass is 10.2. The van der Waals surface area contributed by atoms with Crippen molar-refractivity contribution in [2.24, 2.45) is 0 Å². The standard InChI is InChI=1S/C16H18BrFN2O/c1-3-5-16-19-14(4-2)15(10-21)20(16)9-11-6-7-12(17)8-13(11)18/h6-8,10H,3-5,9H2,1-2H3. The van der Waals surface area contributed by atoms with Crippen molar-refractivity contribution in [3.63, 3.8) is 0 Å². The minimum Gasteiger partial charge on any atom is -0.321 e. The number of nitrogens with zero attached hydrogens (tertiary/aromatic N) is 2. The summed E-state index contributed by atoms with van der Waals surface area (Å²) in [6.45, 7) is 4.36. The first-order valence-electron chi connectivity index (χ1n) is 7.08. The molecule has 1 aromatic heterocycles. The highest BCUT2D eigenvalue weighted by molar-refractivity contribution is 9.10. The molecular formula is C16H18BrFN2O. The van der Waals surface area contributed by atoms with E-state index in [2.05, 4.69) is 27.8 Å². The van der Waals surface area contributed by atoms with Crippen LogP contribution in [-0.2, 0) is 19.4 Å². The summed E-state index contributed by atoms with van der Waals surface area (Å²) in [5.74, 6) is 0.564. The fraction of sp³-hybridized carbons (Fsp3) is 0.375. The Morgan fingerprint density at radius 2 is 2.14 bits per heavy atom. The molecule has 0 radical (unpaired) electrons. The number of imidazole rings is 1. The van der Waals surface area contributed by atoms with Crippen LogP contribution in [-0.4, -0.2) is 15.8 Å². The van der Waals surface area contributed by atoms with Gasteiger partial charge < -0.3 is 4.57 Å². The summed E-state index contributed by atoms with van der Waals surface area (Å²) in [7, 11) is 0. The molecule has 112 valence electrons. The van der Waals surface area contributed by atoms with Crippen LogP contribution in [0.1, 0.15) is 47.8 Å². The van der Waals surface area contributed by atoms with Gasteiger partial charge in [-0.05, 0) is 25.0 Å². The first kappa shape index (κ1) is 15.9. The number of aromatic nitrogens is 2. The fourth-order valence-corrected chi connectivity index (χ4v) is 2.70. The van der Waals surface area contributed by atoms with Gasteiger partial charge in [0.05, 0.1) is 12.2 Å². The van der Waals surface area contributed by atoms with E-state index in [1.54, 1.807) is 12.1 Å². The molecule has 2 rings (SSSR count). The van der Waals surface area contributed by atoms with Crippen LogP contribution in [0.15, 0.2) is 22.7 Å². The normalized spacial score (nSPS) is 10.9. The minimum atomic E-state index is -0.282. The van der Waals surface area contributed by atoms with Crippen molar-refractivity contribution in [1.82, 2.24) is 9.55 Å². The van der Waals surface area contributed by atoms with Crippen molar-refractivity contribution < 1.29 is 9.18 Å². The maximum absolute atomic E-state index is 14.0. The molecular weight excluding hydrogens is 335 g/mol. The summed E-state index contributed by atoms with van der Waals surface area (Å²) >= 11 is 3.25. The molecule has 0 spiro atoms. The molecule has 0 aliphatic heterocycles. The number of carbonyl (C=O) groups is 1. The van der Waals surface area contributed by atoms with E-state index in [-0.39, 0.29) is 5.82 Å². The van der Waals surface area contributed by atoms with Gasteiger partial charge in [0.15, 0.2) is 6.29 Å². The molecule has 0 aliphatic carbocycles. The van der Waals surface area contributed by atoms with Crippen LogP contribution in [0.5, 0.6) is 0 Å². The molecule has 5 heteroatoms. The van der Waals surface area contributed by atoms with E-state index in [1.165, 1.54) is 6.07 Å². The van der Waals surface area contributed by atoms with Crippen LogP contribution < -0.4 is 0 Å². The number of aldehydes is 1. The highest BCUT2D eigenvalue weighted by Gasteiger charge is 2.16. The topological polar surface area (TPSA) is 34.9 Å². The van der Waals surface area contributed by atoms with Crippen LogP contribution in [0.4, 0.5) is 4.39 Å². The van der Waals surface area contributed by atoms with Crippen molar-refractivity contribution in [2.75, 3.05) is 0 Å². The van der Waals surface area contributed by atoms with Crippen molar-refractivity contribution in [3.8, 4) is 0 Å². The van der Waals surface area contributed by atoms with Crippen molar-refractivity contribution >= 4 is 22.2 Å². The molecule has 0 bridgehead atoms. The fourth-order valence-electron chi connectivity index (χ4n) is 2.37. The van der Waals surface area contributed by atoms with E-state index in [9.17, 15) is 9.18 Å². The van der Waals surface area contributed by atoms with Crippen molar-refractivity contribution in [1.29, 1.82) is 0 Å². The maximum Gasteiger partial charge on any atom is 0.168 e. The van der Waals surface area contributed by atoms with Gasteiger partial charge >= 0.3 is 0 Å². The summed E-state index contributed by atoms with van der Waals surface area (Å²) < 4.78 is 16.6. The van der Waals surface area contributed by atoms with Gasteiger partial charge in [0.25, 0.3) is 0 Å². The number of rotatable bonds is 6. The quantitative estimate of drug-likeness (QED) is 0.731. The Morgan fingerprint density at radius 1 is 1.38 bits per heavy atom. The second-order valence-corrected chi connectivity index (χ2v) is 5.82. The molecule has 2 aromatic rings. The molecule has 0 unspecified atom stereocenters. The molecule has 0 amide bonds. The van der Waals surface area contributed by atoms with Gasteiger partial charge in [-0.2, -0.15) is 0 Å². The predicted molar refractivity (Wildman–Crippen MR) is 84.2 cm³/mol. The molecule has 0 atom stereocenters. The second-order valence-electron chi connectivity index (χ2n) is 4.90. The van der Waals surface area contributed by atoms with E-state index in [0.717, 1.165) is 30.6 Å².